The zero-order valence-electron chi connectivity index (χ0n) is 3.29. The molecule has 0 aromatic carbocycles. The van der Waals surface area contributed by atoms with Crippen molar-refractivity contribution in [2.45, 2.75) is 0 Å². The molecule has 0 aliphatic carbocycles. The molecule has 0 bridgehead atoms. The first-order chi connectivity index (χ1) is 3.15. The van der Waals surface area contributed by atoms with Gasteiger partial charge in [-0.1, -0.05) is 0 Å². The number of hydrogen-bond acceptors (Lipinski definition) is 4. The monoisotopic (exact) mass is 268 g/mol. The van der Waals surface area contributed by atoms with E-state index in [1.165, 1.54) is 0 Å². The fraction of sp³-hybridized carbons (Fsp3) is 0. The predicted octanol–water partition coefficient (Wildman–Crippen LogP) is -0.925. The average molecular weight is 266 g/mol. The van der Waals surface area contributed by atoms with Crippen LogP contribution >= 0.6 is 21.1 Å². The van der Waals surface area contributed by atoms with Crippen molar-refractivity contribution in [3.05, 3.63) is 0 Å². The van der Waals surface area contributed by atoms with Crippen molar-refractivity contribution in [1.29, 1.82) is 0 Å². The van der Waals surface area contributed by atoms with Gasteiger partial charge in [-0.15, -0.1) is 0 Å². The molecule has 0 amide bonds. The second kappa shape index (κ2) is 10.0. The minimum atomic E-state index is 0.0417. The molecule has 0 radical (unpaired) electrons. The summed E-state index contributed by atoms with van der Waals surface area (Å²) in [4.78, 5) is 0. The first kappa shape index (κ1) is 10.8. The quantitative estimate of drug-likeness (QED) is 0.557. The van der Waals surface area contributed by atoms with Crippen LogP contribution in [0.1, 0.15) is 0 Å². The van der Waals surface area contributed by atoms with Gasteiger partial charge >= 0.3 is 64.5 Å². The normalized spacial score (nSPS) is 5.14. The molecule has 0 saturated heterocycles. The fourth-order valence-corrected chi connectivity index (χ4v) is 0. The van der Waals surface area contributed by atoms with E-state index in [-0.39, 0.29) is 11.7 Å². The van der Waals surface area contributed by atoms with Gasteiger partial charge in [0, 0.05) is 0 Å². The summed E-state index contributed by atoms with van der Waals surface area (Å²) in [6, 6.07) is 0. The van der Waals surface area contributed by atoms with E-state index in [2.05, 4.69) is 36.7 Å². The summed E-state index contributed by atoms with van der Waals surface area (Å²) in [5, 5.41) is 0. The molecule has 0 aliphatic heterocycles. The Balaban J connectivity index is 0. The van der Waals surface area contributed by atoms with Crippen molar-refractivity contribution in [2.24, 2.45) is 11.5 Å². The third kappa shape index (κ3) is 189. The van der Waals surface area contributed by atoms with Crippen LogP contribution in [-0.2, 0) is 0 Å². The van der Waals surface area contributed by atoms with E-state index in [1.807, 2.05) is 0 Å². The van der Waals surface area contributed by atoms with E-state index in [9.17, 15) is 0 Å². The predicted molar refractivity (Wildman–Crippen MR) is 40.1 cm³/mol. The van der Waals surface area contributed by atoms with Crippen molar-refractivity contribution >= 4 is 53.0 Å². The molecule has 0 rings (SSSR count). The number of hydrogen-bond donors (Lipinski definition) is 2. The van der Waals surface area contributed by atoms with Crippen LogP contribution in [0.15, 0.2) is 0 Å². The van der Waals surface area contributed by atoms with Gasteiger partial charge in [0.25, 0.3) is 0 Å². The summed E-state index contributed by atoms with van der Waals surface area (Å²) in [5.41, 5.74) is 9.50. The molecule has 0 fully saturated rings. The van der Waals surface area contributed by atoms with Crippen molar-refractivity contribution in [1.82, 2.24) is 0 Å². The van der Waals surface area contributed by atoms with Crippen LogP contribution in [0.3, 0.4) is 0 Å². The van der Waals surface area contributed by atoms with Gasteiger partial charge in [0.1, 0.15) is 0 Å². The second-order valence-electron chi connectivity index (χ2n) is 0.470. The first-order valence-electron chi connectivity index (χ1n) is 1.11. The summed E-state index contributed by atoms with van der Waals surface area (Å²) in [5.74, 6) is 0. The van der Waals surface area contributed by atoms with Crippen LogP contribution in [0.5, 0.6) is 0 Å². The summed E-state index contributed by atoms with van der Waals surface area (Å²) >= 11 is 2.42. The Hall–Kier alpha value is 0.949. The molecule has 0 saturated carbocycles. The van der Waals surface area contributed by atoms with Crippen LogP contribution in [0.25, 0.3) is 0 Å². The van der Waals surface area contributed by atoms with E-state index in [1.54, 1.807) is 0 Å². The van der Waals surface area contributed by atoms with Crippen molar-refractivity contribution in [3.8, 4) is 0 Å². The van der Waals surface area contributed by atoms with E-state index in [0.717, 1.165) is 0 Å². The fourth-order valence-electron chi connectivity index (χ4n) is 0. The first-order valence-corrected chi connectivity index (χ1v) is 6.83. The number of rotatable bonds is 0. The Kier molecular flexibility index (Phi) is 15.6. The molecule has 2 nitrogen and oxygen atoms in total. The molecule has 42 valence electrons. The van der Waals surface area contributed by atoms with Gasteiger partial charge in [0.15, 0.2) is 0 Å². The van der Waals surface area contributed by atoms with E-state index in [0.29, 0.717) is 4.67 Å². The van der Waals surface area contributed by atoms with Crippen LogP contribution in [-0.4, -0.2) is 31.9 Å². The van der Waals surface area contributed by atoms with Crippen molar-refractivity contribution in [2.75, 3.05) is 0 Å². The minimum absolute atomic E-state index is 0.0417. The van der Waals surface area contributed by atoms with Gasteiger partial charge < -0.3 is 0 Å². The summed E-state index contributed by atoms with van der Waals surface area (Å²) in [6.45, 7) is 0. The third-order valence-corrected chi connectivity index (χ3v) is 0. The van der Waals surface area contributed by atoms with Crippen LogP contribution in [0.2, 0.25) is 0 Å². The van der Waals surface area contributed by atoms with Gasteiger partial charge in [-0.2, -0.15) is 0 Å². The molecule has 0 spiro atoms. The molecule has 0 unspecified atom stereocenters. The molecule has 0 atom stereocenters. The van der Waals surface area contributed by atoms with E-state index >= 15 is 0 Å². The van der Waals surface area contributed by atoms with Crippen molar-refractivity contribution in [3.63, 3.8) is 0 Å². The van der Waals surface area contributed by atoms with E-state index < -0.39 is 0 Å². The molecule has 4 N–H and O–H groups in total. The Labute approximate surface area is 64.2 Å². The van der Waals surface area contributed by atoms with Crippen LogP contribution < -0.4 is 11.5 Å². The molecular formula is CH4N2S2Se2. The van der Waals surface area contributed by atoms with Crippen molar-refractivity contribution < 1.29 is 0 Å². The molecule has 6 heteroatoms. The van der Waals surface area contributed by atoms with E-state index in [4.69, 9.17) is 11.5 Å². The topological polar surface area (TPSA) is 52.0 Å². The molecule has 0 aliphatic rings. The Morgan fingerprint density at radius 2 is 1.43 bits per heavy atom. The molecule has 0 heterocycles. The third-order valence-electron chi connectivity index (χ3n) is 0. The van der Waals surface area contributed by atoms with Gasteiger partial charge in [-0.05, 0) is 0 Å². The zero-order chi connectivity index (χ0) is 6.28. The molecule has 0 aromatic rings. The summed E-state index contributed by atoms with van der Waals surface area (Å²) in [7, 11) is 8.54. The Morgan fingerprint density at radius 1 is 1.43 bits per heavy atom. The van der Waals surface area contributed by atoms with Gasteiger partial charge in [0.2, 0.25) is 0 Å². The van der Waals surface area contributed by atoms with Gasteiger partial charge in [-0.25, -0.2) is 0 Å². The molecule has 0 aromatic heterocycles. The maximum absolute atomic E-state index is 4.75. The summed E-state index contributed by atoms with van der Waals surface area (Å²) < 4.78 is 0.292. The molecule has 7 heavy (non-hydrogen) atoms. The number of nitrogens with two attached hydrogens (primary N) is 2. The zero-order valence-corrected chi connectivity index (χ0v) is 8.35. The Morgan fingerprint density at radius 3 is 1.43 bits per heavy atom. The van der Waals surface area contributed by atoms with Crippen LogP contribution in [0, 0.1) is 0 Å². The van der Waals surface area contributed by atoms with Gasteiger partial charge in [0.05, 0.1) is 0 Å². The molecular weight excluding hydrogens is 262 g/mol. The maximum atomic E-state index is 4.75. The Bertz CT molecular complexity index is 81.7. The SMILES string of the molecule is NC(N)=[Se].S=[Se]=S. The summed E-state index contributed by atoms with van der Waals surface area (Å²) in [6.07, 6.45) is 0. The standard InChI is InChI=1S/CH4N2Se.S2Se/c2-1(3)4;1-3-2/h(H4,2,3,4);. The average Bonchev–Trinajstić information content (AvgIpc) is 1.33. The van der Waals surface area contributed by atoms with Gasteiger partial charge in [-0.3, -0.25) is 0 Å². The van der Waals surface area contributed by atoms with Crippen LogP contribution in [0.4, 0.5) is 0 Å². The second-order valence-corrected chi connectivity index (χ2v) is 4.57.